The summed E-state index contributed by atoms with van der Waals surface area (Å²) in [6.07, 6.45) is 4.18. The van der Waals surface area contributed by atoms with Crippen molar-refractivity contribution in [2.24, 2.45) is 0 Å². The first-order chi connectivity index (χ1) is 13.1. The molecule has 1 aliphatic rings. The normalized spacial score (nSPS) is 14.5. The van der Waals surface area contributed by atoms with Crippen LogP contribution in [-0.2, 0) is 0 Å². The summed E-state index contributed by atoms with van der Waals surface area (Å²) in [6, 6.07) is 7.32. The number of nitrogens with two attached hydrogens (primary N) is 1. The number of aromatic nitrogens is 2. The lowest BCUT2D eigenvalue weighted by molar-refractivity contribution is -0.383. The topological polar surface area (TPSA) is 119 Å². The van der Waals surface area contributed by atoms with Crippen molar-refractivity contribution in [2.75, 3.05) is 35.6 Å². The molecule has 1 saturated heterocycles. The van der Waals surface area contributed by atoms with Gasteiger partial charge >= 0.3 is 5.69 Å². The molecule has 0 radical (unpaired) electrons. The summed E-state index contributed by atoms with van der Waals surface area (Å²) in [7, 11) is 0. The van der Waals surface area contributed by atoms with Crippen LogP contribution in [-0.4, -0.2) is 34.6 Å². The van der Waals surface area contributed by atoms with Crippen LogP contribution in [0.5, 0.6) is 5.75 Å². The Bertz CT molecular complexity index is 788. The zero-order valence-electron chi connectivity index (χ0n) is 15.4. The second-order valence-corrected chi connectivity index (χ2v) is 6.35. The summed E-state index contributed by atoms with van der Waals surface area (Å²) in [6.45, 7) is 3.96. The first-order valence-corrected chi connectivity index (χ1v) is 9.15. The van der Waals surface area contributed by atoms with Gasteiger partial charge in [-0.3, -0.25) is 10.1 Å². The summed E-state index contributed by atoms with van der Waals surface area (Å²) in [5.74, 6) is 1.14. The van der Waals surface area contributed by atoms with Crippen LogP contribution in [0.2, 0.25) is 0 Å². The molecule has 1 aromatic heterocycles. The number of nitrogens with one attached hydrogen (secondary N) is 1. The van der Waals surface area contributed by atoms with Crippen molar-refractivity contribution in [2.45, 2.75) is 32.6 Å². The Morgan fingerprint density at radius 3 is 2.44 bits per heavy atom. The van der Waals surface area contributed by atoms with E-state index in [4.69, 9.17) is 10.5 Å². The van der Waals surface area contributed by atoms with E-state index in [2.05, 4.69) is 15.3 Å². The highest BCUT2D eigenvalue weighted by Crippen LogP contribution is 2.34. The molecule has 1 aliphatic heterocycles. The summed E-state index contributed by atoms with van der Waals surface area (Å²) >= 11 is 0. The molecule has 9 nitrogen and oxygen atoms in total. The highest BCUT2D eigenvalue weighted by Gasteiger charge is 2.27. The second-order valence-electron chi connectivity index (χ2n) is 6.35. The van der Waals surface area contributed by atoms with Gasteiger partial charge in [0.15, 0.2) is 0 Å². The lowest BCUT2D eigenvalue weighted by atomic mass is 10.2. The van der Waals surface area contributed by atoms with Crippen LogP contribution in [0, 0.1) is 10.1 Å². The smallest absolute Gasteiger partial charge is 0.353 e. The van der Waals surface area contributed by atoms with Crippen LogP contribution in [0.4, 0.5) is 29.0 Å². The number of ether oxygens (including phenoxy) is 1. The highest BCUT2D eigenvalue weighted by molar-refractivity contribution is 5.72. The minimum absolute atomic E-state index is 0.136. The van der Waals surface area contributed by atoms with E-state index in [1.807, 2.05) is 36.1 Å². The SMILES string of the molecule is CCOc1ccc(Nc2nc(N)c([N+](=O)[O-])c(N3CCCCCC3)n2)cc1. The van der Waals surface area contributed by atoms with Crippen LogP contribution < -0.4 is 20.7 Å². The highest BCUT2D eigenvalue weighted by atomic mass is 16.6. The Balaban J connectivity index is 1.90. The van der Waals surface area contributed by atoms with Crippen molar-refractivity contribution >= 4 is 29.0 Å². The monoisotopic (exact) mass is 372 g/mol. The van der Waals surface area contributed by atoms with Gasteiger partial charge in [0.2, 0.25) is 17.6 Å². The Labute approximate surface area is 157 Å². The molecule has 1 fully saturated rings. The number of hydrogen-bond acceptors (Lipinski definition) is 8. The van der Waals surface area contributed by atoms with E-state index in [0.29, 0.717) is 6.61 Å². The predicted molar refractivity (Wildman–Crippen MR) is 105 cm³/mol. The van der Waals surface area contributed by atoms with Gasteiger partial charge in [-0.15, -0.1) is 0 Å². The maximum absolute atomic E-state index is 11.5. The van der Waals surface area contributed by atoms with E-state index >= 15 is 0 Å². The summed E-state index contributed by atoms with van der Waals surface area (Å²) in [4.78, 5) is 21.5. The van der Waals surface area contributed by atoms with E-state index in [-0.39, 0.29) is 23.3 Å². The molecule has 0 spiro atoms. The average Bonchev–Trinajstić information content (AvgIpc) is 2.92. The van der Waals surface area contributed by atoms with Crippen molar-refractivity contribution in [3.8, 4) is 5.75 Å². The standard InChI is InChI=1S/C18H24N6O3/c1-2-27-14-9-7-13(8-10-14)20-18-21-16(19)15(24(25)26)17(22-18)23-11-5-3-4-6-12-23/h7-10H,2-6,11-12H2,1H3,(H3,19,20,21,22). The van der Waals surface area contributed by atoms with Crippen molar-refractivity contribution in [3.63, 3.8) is 0 Å². The third-order valence-corrected chi connectivity index (χ3v) is 4.40. The van der Waals surface area contributed by atoms with Crippen LogP contribution >= 0.6 is 0 Å². The van der Waals surface area contributed by atoms with Crippen LogP contribution in [0.15, 0.2) is 24.3 Å². The van der Waals surface area contributed by atoms with Gasteiger partial charge < -0.3 is 20.7 Å². The zero-order valence-corrected chi connectivity index (χ0v) is 15.4. The maximum atomic E-state index is 11.5. The van der Waals surface area contributed by atoms with E-state index in [9.17, 15) is 10.1 Å². The third-order valence-electron chi connectivity index (χ3n) is 4.40. The van der Waals surface area contributed by atoms with Gasteiger partial charge in [0.05, 0.1) is 11.5 Å². The van der Waals surface area contributed by atoms with Crippen LogP contribution in [0.1, 0.15) is 32.6 Å². The average molecular weight is 372 g/mol. The van der Waals surface area contributed by atoms with Gasteiger partial charge in [-0.05, 0) is 44.0 Å². The van der Waals surface area contributed by atoms with Gasteiger partial charge in [-0.1, -0.05) is 12.8 Å². The number of nitrogens with zero attached hydrogens (tertiary/aromatic N) is 4. The molecule has 0 bridgehead atoms. The molecule has 1 aromatic carbocycles. The van der Waals surface area contributed by atoms with E-state index < -0.39 is 4.92 Å². The molecule has 0 atom stereocenters. The van der Waals surface area contributed by atoms with Gasteiger partial charge in [0.1, 0.15) is 5.75 Å². The fraction of sp³-hybridized carbons (Fsp3) is 0.444. The van der Waals surface area contributed by atoms with E-state index in [1.165, 1.54) is 0 Å². The molecule has 27 heavy (non-hydrogen) atoms. The second kappa shape index (κ2) is 8.52. The molecule has 3 rings (SSSR count). The van der Waals surface area contributed by atoms with Gasteiger partial charge in [0, 0.05) is 18.8 Å². The number of nitro groups is 1. The molecule has 9 heteroatoms. The number of anilines is 4. The Kier molecular flexibility index (Phi) is 5.90. The van der Waals surface area contributed by atoms with Gasteiger partial charge in [-0.2, -0.15) is 9.97 Å². The van der Waals surface area contributed by atoms with Crippen molar-refractivity contribution in [1.82, 2.24) is 9.97 Å². The fourth-order valence-corrected chi connectivity index (χ4v) is 3.12. The molecule has 144 valence electrons. The minimum atomic E-state index is -0.504. The lowest BCUT2D eigenvalue weighted by Gasteiger charge is -2.22. The Morgan fingerprint density at radius 2 is 1.85 bits per heavy atom. The molecular formula is C18H24N6O3. The largest absolute Gasteiger partial charge is 0.494 e. The minimum Gasteiger partial charge on any atom is -0.494 e. The van der Waals surface area contributed by atoms with Crippen molar-refractivity contribution < 1.29 is 9.66 Å². The van der Waals surface area contributed by atoms with Crippen molar-refractivity contribution in [3.05, 3.63) is 34.4 Å². The van der Waals surface area contributed by atoms with Crippen LogP contribution in [0.3, 0.4) is 0 Å². The van der Waals surface area contributed by atoms with E-state index in [0.717, 1.165) is 50.2 Å². The molecule has 0 amide bonds. The molecule has 0 unspecified atom stereocenters. The maximum Gasteiger partial charge on any atom is 0.353 e. The summed E-state index contributed by atoms with van der Waals surface area (Å²) in [5, 5.41) is 14.6. The van der Waals surface area contributed by atoms with Gasteiger partial charge in [-0.25, -0.2) is 0 Å². The fourth-order valence-electron chi connectivity index (χ4n) is 3.12. The molecule has 2 heterocycles. The number of nitrogen functional groups attached to an aromatic ring is 1. The Hall–Kier alpha value is -3.10. The number of benzene rings is 1. The summed E-state index contributed by atoms with van der Waals surface area (Å²) < 4.78 is 5.42. The van der Waals surface area contributed by atoms with Crippen LogP contribution in [0.25, 0.3) is 0 Å². The van der Waals surface area contributed by atoms with Gasteiger partial charge in [0.25, 0.3) is 0 Å². The van der Waals surface area contributed by atoms with E-state index in [1.54, 1.807) is 0 Å². The third kappa shape index (κ3) is 4.55. The number of hydrogen-bond donors (Lipinski definition) is 2. The lowest BCUT2D eigenvalue weighted by Crippen LogP contribution is -2.26. The Morgan fingerprint density at radius 1 is 1.19 bits per heavy atom. The molecular weight excluding hydrogens is 348 g/mol. The molecule has 3 N–H and O–H groups in total. The molecule has 0 aliphatic carbocycles. The zero-order chi connectivity index (χ0) is 19.2. The molecule has 0 saturated carbocycles. The predicted octanol–water partition coefficient (Wildman–Crippen LogP) is 3.49. The first kappa shape index (κ1) is 18.7. The number of rotatable bonds is 6. The first-order valence-electron chi connectivity index (χ1n) is 9.15. The quantitative estimate of drug-likeness (QED) is 0.584. The molecule has 2 aromatic rings. The summed E-state index contributed by atoms with van der Waals surface area (Å²) in [5.41, 5.74) is 6.42. The van der Waals surface area contributed by atoms with Crippen molar-refractivity contribution in [1.29, 1.82) is 0 Å².